The van der Waals surface area contributed by atoms with Crippen LogP contribution in [0.25, 0.3) is 21.5 Å². The normalized spacial score (nSPS) is 12.0. The number of aryl methyl sites for hydroxylation is 1. The number of aliphatic imine (C=N–C) groups is 1. The minimum atomic E-state index is 0.391. The molecule has 0 fully saturated rings. The van der Waals surface area contributed by atoms with Crippen LogP contribution in [0.3, 0.4) is 0 Å². The summed E-state index contributed by atoms with van der Waals surface area (Å²) in [6.45, 7) is 2.07. The number of rotatable bonds is 3. The number of thiazole rings is 2. The van der Waals surface area contributed by atoms with Gasteiger partial charge in [0.2, 0.25) is 5.13 Å². The van der Waals surface area contributed by atoms with Crippen LogP contribution in [0.2, 0.25) is 0 Å². The fourth-order valence-electron chi connectivity index (χ4n) is 2.33. The predicted octanol–water partition coefficient (Wildman–Crippen LogP) is 5.53. The second-order valence-corrected chi connectivity index (χ2v) is 8.29. The number of hydrogen-bond donors (Lipinski definition) is 1. The Morgan fingerprint density at radius 1 is 1.12 bits per heavy atom. The molecule has 7 heteroatoms. The van der Waals surface area contributed by atoms with Crippen LogP contribution in [0.1, 0.15) is 10.6 Å². The molecule has 0 amide bonds. The molecule has 25 heavy (non-hydrogen) atoms. The van der Waals surface area contributed by atoms with Crippen LogP contribution in [0.5, 0.6) is 0 Å². The molecule has 4 rings (SSSR count). The molecule has 2 aromatic carbocycles. The number of amidine groups is 1. The molecule has 0 bridgehead atoms. The van der Waals surface area contributed by atoms with Gasteiger partial charge in [0.25, 0.3) is 0 Å². The van der Waals surface area contributed by atoms with Gasteiger partial charge in [-0.1, -0.05) is 45.8 Å². The third-order valence-corrected chi connectivity index (χ3v) is 5.89. The summed E-state index contributed by atoms with van der Waals surface area (Å²) >= 11 is 6.47. The van der Waals surface area contributed by atoms with Gasteiger partial charge in [0.05, 0.1) is 15.9 Å². The molecule has 0 aliphatic carbocycles. The maximum Gasteiger partial charge on any atom is 0.211 e. The highest BCUT2D eigenvalue weighted by molar-refractivity contribution is 9.10. The van der Waals surface area contributed by atoms with Gasteiger partial charge in [0, 0.05) is 15.4 Å². The highest BCUT2D eigenvalue weighted by atomic mass is 79.9. The maximum absolute atomic E-state index is 6.15. The molecule has 2 heterocycles. The largest absolute Gasteiger partial charge is 0.381 e. The Balaban J connectivity index is 1.64. The average Bonchev–Trinajstić information content (AvgIpc) is 3.22. The molecule has 124 valence electrons. The molecular weight excluding hydrogens is 416 g/mol. The van der Waals surface area contributed by atoms with E-state index in [0.717, 1.165) is 25.9 Å². The minimum Gasteiger partial charge on any atom is -0.381 e. The van der Waals surface area contributed by atoms with E-state index in [-0.39, 0.29) is 0 Å². The Kier molecular flexibility index (Phi) is 4.37. The van der Waals surface area contributed by atoms with Crippen LogP contribution >= 0.6 is 38.6 Å². The molecule has 0 saturated heterocycles. The van der Waals surface area contributed by atoms with Gasteiger partial charge in [0.1, 0.15) is 0 Å². The molecule has 0 aliphatic heterocycles. The first-order chi connectivity index (χ1) is 12.1. The number of fused-ring (bicyclic) bond motifs is 1. The van der Waals surface area contributed by atoms with Crippen molar-refractivity contribution < 1.29 is 0 Å². The first kappa shape index (κ1) is 16.4. The quantitative estimate of drug-likeness (QED) is 0.344. The van der Waals surface area contributed by atoms with E-state index in [1.165, 1.54) is 28.2 Å². The first-order valence-corrected chi connectivity index (χ1v) is 10.0. The molecule has 4 aromatic rings. The van der Waals surface area contributed by atoms with Crippen molar-refractivity contribution in [1.82, 2.24) is 9.97 Å². The molecule has 0 aliphatic rings. The van der Waals surface area contributed by atoms with E-state index < -0.39 is 0 Å². The third-order valence-electron chi connectivity index (χ3n) is 3.63. The van der Waals surface area contributed by atoms with Gasteiger partial charge in [-0.15, -0.1) is 22.7 Å². The second kappa shape index (κ2) is 6.67. The lowest BCUT2D eigenvalue weighted by molar-refractivity contribution is 1.32. The Hall–Kier alpha value is -2.09. The zero-order chi connectivity index (χ0) is 17.4. The topological polar surface area (TPSA) is 64.2 Å². The molecule has 2 aromatic heterocycles. The van der Waals surface area contributed by atoms with E-state index in [4.69, 9.17) is 5.73 Å². The van der Waals surface area contributed by atoms with E-state index in [0.29, 0.717) is 16.0 Å². The number of aromatic nitrogens is 2. The van der Waals surface area contributed by atoms with Gasteiger partial charge in [-0.05, 0) is 25.1 Å². The summed E-state index contributed by atoms with van der Waals surface area (Å²) in [5, 5.41) is 3.33. The van der Waals surface area contributed by atoms with Crippen LogP contribution in [0.15, 0.2) is 57.3 Å². The van der Waals surface area contributed by atoms with Crippen LogP contribution in [-0.2, 0) is 0 Å². The van der Waals surface area contributed by atoms with Gasteiger partial charge in [-0.25, -0.2) is 9.97 Å². The fourth-order valence-corrected chi connectivity index (χ4v) is 4.46. The predicted molar refractivity (Wildman–Crippen MR) is 110 cm³/mol. The molecular formula is C18H13BrN4S2. The molecule has 0 radical (unpaired) electrons. The fraction of sp³-hybridized carbons (Fsp3) is 0.0556. The zero-order valence-corrected chi connectivity index (χ0v) is 16.5. The van der Waals surface area contributed by atoms with Crippen molar-refractivity contribution in [2.45, 2.75) is 6.92 Å². The number of benzene rings is 2. The third kappa shape index (κ3) is 3.49. The van der Waals surface area contributed by atoms with E-state index in [9.17, 15) is 0 Å². The molecule has 2 N–H and O–H groups in total. The van der Waals surface area contributed by atoms with Crippen molar-refractivity contribution in [3.05, 3.63) is 62.9 Å². The van der Waals surface area contributed by atoms with E-state index >= 15 is 0 Å². The zero-order valence-electron chi connectivity index (χ0n) is 13.2. The summed E-state index contributed by atoms with van der Waals surface area (Å²) in [5.74, 6) is 0.391. The Morgan fingerprint density at radius 2 is 1.92 bits per heavy atom. The SMILES string of the molecule is Cc1ccc(-c2csc(/N=C(\N)c3nc4ccc(Br)cc4s3)n2)cc1. The van der Waals surface area contributed by atoms with Crippen LogP contribution in [0.4, 0.5) is 5.13 Å². The van der Waals surface area contributed by atoms with Gasteiger partial charge < -0.3 is 5.73 Å². The maximum atomic E-state index is 6.15. The summed E-state index contributed by atoms with van der Waals surface area (Å²) < 4.78 is 2.09. The number of hydrogen-bond acceptors (Lipinski definition) is 5. The standard InChI is InChI=1S/C18H13BrN4S2/c1-10-2-4-11(5-3-10)14-9-24-18(22-14)23-16(20)17-21-13-7-6-12(19)8-15(13)25-17/h2-9H,1H3,(H2,20,22,23). The van der Waals surface area contributed by atoms with Crippen molar-refractivity contribution >= 4 is 59.8 Å². The second-order valence-electron chi connectivity index (χ2n) is 5.51. The summed E-state index contributed by atoms with van der Waals surface area (Å²) in [4.78, 5) is 13.6. The van der Waals surface area contributed by atoms with E-state index in [2.05, 4.69) is 62.1 Å². The molecule has 0 atom stereocenters. The molecule has 0 saturated carbocycles. The van der Waals surface area contributed by atoms with Gasteiger partial charge >= 0.3 is 0 Å². The van der Waals surface area contributed by atoms with Crippen molar-refractivity contribution in [2.24, 2.45) is 10.7 Å². The lowest BCUT2D eigenvalue weighted by Crippen LogP contribution is -2.12. The van der Waals surface area contributed by atoms with Gasteiger partial charge in [-0.2, -0.15) is 4.99 Å². The lowest BCUT2D eigenvalue weighted by Gasteiger charge is -1.96. The highest BCUT2D eigenvalue weighted by Crippen LogP contribution is 2.29. The Labute approximate surface area is 161 Å². The summed E-state index contributed by atoms with van der Waals surface area (Å²) in [6, 6.07) is 14.2. The number of nitrogens with zero attached hydrogens (tertiary/aromatic N) is 3. The Bertz CT molecular complexity index is 1080. The molecule has 4 nitrogen and oxygen atoms in total. The van der Waals surface area contributed by atoms with Crippen molar-refractivity contribution in [3.63, 3.8) is 0 Å². The summed E-state index contributed by atoms with van der Waals surface area (Å²) in [7, 11) is 0. The number of nitrogens with two attached hydrogens (primary N) is 1. The lowest BCUT2D eigenvalue weighted by atomic mass is 10.1. The first-order valence-electron chi connectivity index (χ1n) is 7.52. The van der Waals surface area contributed by atoms with Crippen LogP contribution in [-0.4, -0.2) is 15.8 Å². The minimum absolute atomic E-state index is 0.391. The average molecular weight is 429 g/mol. The highest BCUT2D eigenvalue weighted by Gasteiger charge is 2.10. The van der Waals surface area contributed by atoms with Crippen molar-refractivity contribution in [1.29, 1.82) is 0 Å². The van der Waals surface area contributed by atoms with Crippen LogP contribution in [0, 0.1) is 6.92 Å². The van der Waals surface area contributed by atoms with Crippen molar-refractivity contribution in [3.8, 4) is 11.3 Å². The Morgan fingerprint density at radius 3 is 2.72 bits per heavy atom. The van der Waals surface area contributed by atoms with E-state index in [1.54, 1.807) is 0 Å². The number of halogens is 1. The van der Waals surface area contributed by atoms with Gasteiger partial charge in [0.15, 0.2) is 10.8 Å². The molecule has 0 unspecified atom stereocenters. The summed E-state index contributed by atoms with van der Waals surface area (Å²) in [6.07, 6.45) is 0. The van der Waals surface area contributed by atoms with E-state index in [1.807, 2.05) is 23.6 Å². The monoisotopic (exact) mass is 428 g/mol. The summed E-state index contributed by atoms with van der Waals surface area (Å²) in [5.41, 5.74) is 10.3. The van der Waals surface area contributed by atoms with Crippen LogP contribution < -0.4 is 5.73 Å². The smallest absolute Gasteiger partial charge is 0.211 e. The van der Waals surface area contributed by atoms with Crippen molar-refractivity contribution in [2.75, 3.05) is 0 Å². The van der Waals surface area contributed by atoms with Gasteiger partial charge in [-0.3, -0.25) is 0 Å². The molecule has 0 spiro atoms.